The van der Waals surface area contributed by atoms with Crippen LogP contribution in [0.5, 0.6) is 0 Å². The minimum Gasteiger partial charge on any atom is -0.380 e. The molecule has 2 heterocycles. The molecule has 2 rings (SSSR count). The zero-order valence-electron chi connectivity index (χ0n) is 9.43. The van der Waals surface area contributed by atoms with Crippen LogP contribution < -0.4 is 5.32 Å². The third kappa shape index (κ3) is 1.95. The van der Waals surface area contributed by atoms with Gasteiger partial charge in [-0.15, -0.1) is 0 Å². The topological polar surface area (TPSA) is 30.5 Å². The van der Waals surface area contributed by atoms with Crippen LogP contribution in [0.25, 0.3) is 0 Å². The van der Waals surface area contributed by atoms with Gasteiger partial charge in [-0.05, 0) is 0 Å². The van der Waals surface area contributed by atoms with Gasteiger partial charge in [0.1, 0.15) is 0 Å². The maximum atomic E-state index is 5.50. The van der Waals surface area contributed by atoms with Gasteiger partial charge in [0, 0.05) is 23.4 Å². The molecule has 14 heavy (non-hydrogen) atoms. The predicted molar refractivity (Wildman–Crippen MR) is 55.3 cm³/mol. The number of hydrogen-bond donors (Lipinski definition) is 1. The van der Waals surface area contributed by atoms with Crippen molar-refractivity contribution >= 4 is 0 Å². The van der Waals surface area contributed by atoms with Gasteiger partial charge in [0.2, 0.25) is 0 Å². The summed E-state index contributed by atoms with van der Waals surface area (Å²) in [5, 5.41) is 3.61. The third-order valence-electron chi connectivity index (χ3n) is 3.38. The molecule has 2 saturated heterocycles. The molecule has 0 aromatic rings. The van der Waals surface area contributed by atoms with Crippen molar-refractivity contribution in [3.63, 3.8) is 0 Å². The van der Waals surface area contributed by atoms with Gasteiger partial charge in [-0.1, -0.05) is 20.8 Å². The number of ether oxygens (including phenoxy) is 2. The van der Waals surface area contributed by atoms with Gasteiger partial charge in [0.05, 0.1) is 26.4 Å². The van der Waals surface area contributed by atoms with Crippen LogP contribution in [0.15, 0.2) is 0 Å². The van der Waals surface area contributed by atoms with Crippen LogP contribution in [-0.2, 0) is 9.47 Å². The summed E-state index contributed by atoms with van der Waals surface area (Å²) in [6.45, 7) is 11.4. The maximum absolute atomic E-state index is 5.50. The van der Waals surface area contributed by atoms with E-state index in [2.05, 4.69) is 26.1 Å². The third-order valence-corrected chi connectivity index (χ3v) is 3.38. The van der Waals surface area contributed by atoms with Gasteiger partial charge in [0.15, 0.2) is 0 Å². The fraction of sp³-hybridized carbons (Fsp3) is 1.00. The monoisotopic (exact) mass is 199 g/mol. The highest BCUT2D eigenvalue weighted by molar-refractivity contribution is 4.92. The van der Waals surface area contributed by atoms with Crippen molar-refractivity contribution in [2.75, 3.05) is 33.0 Å². The van der Waals surface area contributed by atoms with E-state index in [1.54, 1.807) is 0 Å². The first-order valence-electron chi connectivity index (χ1n) is 5.41. The molecule has 1 atom stereocenters. The number of nitrogens with one attached hydrogen (secondary N) is 1. The van der Waals surface area contributed by atoms with Crippen molar-refractivity contribution in [2.45, 2.75) is 26.8 Å². The van der Waals surface area contributed by atoms with Crippen LogP contribution in [0.4, 0.5) is 0 Å². The summed E-state index contributed by atoms with van der Waals surface area (Å²) in [5.74, 6) is 0. The molecule has 3 heteroatoms. The normalized spacial score (nSPS) is 34.1. The molecule has 0 amide bonds. The maximum Gasteiger partial charge on any atom is 0.0626 e. The molecule has 1 unspecified atom stereocenters. The summed E-state index contributed by atoms with van der Waals surface area (Å²) < 4.78 is 10.7. The van der Waals surface area contributed by atoms with Crippen LogP contribution in [0.1, 0.15) is 20.8 Å². The van der Waals surface area contributed by atoms with Gasteiger partial charge in [0.25, 0.3) is 0 Å². The van der Waals surface area contributed by atoms with Crippen LogP contribution in [0.2, 0.25) is 0 Å². The Morgan fingerprint density at radius 1 is 1.14 bits per heavy atom. The molecule has 82 valence electrons. The molecular formula is C11H21NO2. The summed E-state index contributed by atoms with van der Waals surface area (Å²) in [4.78, 5) is 0. The van der Waals surface area contributed by atoms with E-state index in [-0.39, 0.29) is 5.41 Å². The van der Waals surface area contributed by atoms with E-state index in [1.807, 2.05) is 0 Å². The fourth-order valence-electron chi connectivity index (χ4n) is 2.02. The summed E-state index contributed by atoms with van der Waals surface area (Å²) >= 11 is 0. The number of rotatable bonds is 3. The Morgan fingerprint density at radius 3 is 2.29 bits per heavy atom. The van der Waals surface area contributed by atoms with Crippen LogP contribution >= 0.6 is 0 Å². The highest BCUT2D eigenvalue weighted by Gasteiger charge is 2.39. The van der Waals surface area contributed by atoms with Gasteiger partial charge in [-0.3, -0.25) is 0 Å². The van der Waals surface area contributed by atoms with E-state index in [0.29, 0.717) is 11.5 Å². The minimum absolute atomic E-state index is 0.279. The fourth-order valence-corrected chi connectivity index (χ4v) is 2.02. The Bertz CT molecular complexity index is 211. The molecule has 0 aromatic heterocycles. The highest BCUT2D eigenvalue weighted by Crippen LogP contribution is 2.30. The quantitative estimate of drug-likeness (QED) is 0.736. The summed E-state index contributed by atoms with van der Waals surface area (Å²) in [6.07, 6.45) is 0. The van der Waals surface area contributed by atoms with Crippen molar-refractivity contribution in [2.24, 2.45) is 10.8 Å². The van der Waals surface area contributed by atoms with Crippen molar-refractivity contribution in [1.29, 1.82) is 0 Å². The molecule has 3 nitrogen and oxygen atoms in total. The first kappa shape index (κ1) is 10.4. The SMILES string of the molecule is CC1(CNC2COCC2(C)C)COC1. The second-order valence-electron chi connectivity index (χ2n) is 5.74. The molecule has 2 fully saturated rings. The largest absolute Gasteiger partial charge is 0.380 e. The van der Waals surface area contributed by atoms with Gasteiger partial charge in [-0.2, -0.15) is 0 Å². The second-order valence-corrected chi connectivity index (χ2v) is 5.74. The molecule has 1 N–H and O–H groups in total. The Kier molecular flexibility index (Phi) is 2.58. The molecule has 0 aromatic carbocycles. The summed E-state index contributed by atoms with van der Waals surface area (Å²) in [5.41, 5.74) is 0.639. The lowest BCUT2D eigenvalue weighted by Gasteiger charge is -2.40. The van der Waals surface area contributed by atoms with E-state index in [9.17, 15) is 0 Å². The molecule has 2 aliphatic heterocycles. The van der Waals surface area contributed by atoms with E-state index < -0.39 is 0 Å². The molecule has 0 bridgehead atoms. The van der Waals surface area contributed by atoms with Crippen molar-refractivity contribution in [3.05, 3.63) is 0 Å². The van der Waals surface area contributed by atoms with Gasteiger partial charge < -0.3 is 14.8 Å². The molecule has 0 radical (unpaired) electrons. The second kappa shape index (κ2) is 3.47. The van der Waals surface area contributed by atoms with Crippen molar-refractivity contribution in [3.8, 4) is 0 Å². The van der Waals surface area contributed by atoms with Gasteiger partial charge in [-0.25, -0.2) is 0 Å². The lowest BCUT2D eigenvalue weighted by atomic mass is 9.85. The lowest BCUT2D eigenvalue weighted by Crippen LogP contribution is -2.52. The first-order valence-corrected chi connectivity index (χ1v) is 5.41. The highest BCUT2D eigenvalue weighted by atomic mass is 16.5. The van der Waals surface area contributed by atoms with E-state index in [1.165, 1.54) is 0 Å². The Labute approximate surface area is 86.2 Å². The average molecular weight is 199 g/mol. The molecule has 0 saturated carbocycles. The average Bonchev–Trinajstić information content (AvgIpc) is 2.38. The first-order chi connectivity index (χ1) is 6.52. The van der Waals surface area contributed by atoms with Crippen molar-refractivity contribution < 1.29 is 9.47 Å². The molecule has 2 aliphatic rings. The number of hydrogen-bond acceptors (Lipinski definition) is 3. The standard InChI is InChI=1S/C11H21NO2/c1-10(2)6-13-4-9(10)12-5-11(3)7-14-8-11/h9,12H,4-8H2,1-3H3. The molecule has 0 spiro atoms. The zero-order valence-corrected chi connectivity index (χ0v) is 9.43. The van der Waals surface area contributed by atoms with E-state index in [0.717, 1.165) is 33.0 Å². The van der Waals surface area contributed by atoms with E-state index >= 15 is 0 Å². The molecule has 0 aliphatic carbocycles. The summed E-state index contributed by atoms with van der Waals surface area (Å²) in [6, 6.07) is 0.500. The predicted octanol–water partition coefficient (Wildman–Crippen LogP) is 1.04. The van der Waals surface area contributed by atoms with Crippen LogP contribution in [0.3, 0.4) is 0 Å². The molecular weight excluding hydrogens is 178 g/mol. The van der Waals surface area contributed by atoms with Crippen LogP contribution in [-0.4, -0.2) is 39.0 Å². The Hall–Kier alpha value is -0.120. The lowest BCUT2D eigenvalue weighted by molar-refractivity contribution is -0.101. The van der Waals surface area contributed by atoms with Crippen LogP contribution in [0, 0.1) is 10.8 Å². The summed E-state index contributed by atoms with van der Waals surface area (Å²) in [7, 11) is 0. The minimum atomic E-state index is 0.279. The van der Waals surface area contributed by atoms with E-state index in [4.69, 9.17) is 9.47 Å². The van der Waals surface area contributed by atoms with Gasteiger partial charge >= 0.3 is 0 Å². The Balaban J connectivity index is 1.80. The smallest absolute Gasteiger partial charge is 0.0626 e. The van der Waals surface area contributed by atoms with Crippen molar-refractivity contribution in [1.82, 2.24) is 5.32 Å². The Morgan fingerprint density at radius 2 is 1.86 bits per heavy atom. The zero-order chi connectivity index (χ0) is 10.2.